The van der Waals surface area contributed by atoms with Gasteiger partial charge in [0.2, 0.25) is 0 Å². The average Bonchev–Trinajstić information content (AvgIpc) is 2.86. The summed E-state index contributed by atoms with van der Waals surface area (Å²) in [7, 11) is 1.63. The number of methoxy groups -OCH3 is 1. The van der Waals surface area contributed by atoms with Crippen molar-refractivity contribution in [3.05, 3.63) is 52.4 Å². The largest absolute Gasteiger partial charge is 0.496 e. The molecule has 0 amide bonds. The molecule has 0 saturated carbocycles. The topological polar surface area (TPSA) is 84.3 Å². The van der Waals surface area contributed by atoms with Crippen LogP contribution in [0.4, 0.5) is 5.82 Å². The Labute approximate surface area is 114 Å². The van der Waals surface area contributed by atoms with Gasteiger partial charge in [0.15, 0.2) is 5.65 Å². The highest BCUT2D eigenvalue weighted by molar-refractivity contribution is 5.44. The SMILES string of the molecule is COc1ccccc1CNc1ccc2n[nH]c(=O)n2n1. The molecule has 7 nitrogen and oxygen atoms in total. The number of aromatic amines is 1. The average molecular weight is 271 g/mol. The number of H-pyrrole nitrogens is 1. The first-order valence-electron chi connectivity index (χ1n) is 6.08. The van der Waals surface area contributed by atoms with Crippen LogP contribution in [0.3, 0.4) is 0 Å². The third-order valence-electron chi connectivity index (χ3n) is 2.93. The van der Waals surface area contributed by atoms with Crippen LogP contribution < -0.4 is 15.7 Å². The lowest BCUT2D eigenvalue weighted by molar-refractivity contribution is 0.410. The van der Waals surface area contributed by atoms with Gasteiger partial charge >= 0.3 is 5.69 Å². The molecule has 0 aliphatic rings. The van der Waals surface area contributed by atoms with Crippen LogP contribution in [0.5, 0.6) is 5.75 Å². The number of hydrogen-bond donors (Lipinski definition) is 2. The quantitative estimate of drug-likeness (QED) is 0.740. The first-order valence-corrected chi connectivity index (χ1v) is 6.08. The molecule has 0 spiro atoms. The smallest absolute Gasteiger partial charge is 0.364 e. The number of nitrogens with one attached hydrogen (secondary N) is 2. The zero-order chi connectivity index (χ0) is 13.9. The van der Waals surface area contributed by atoms with E-state index in [2.05, 4.69) is 20.6 Å². The van der Waals surface area contributed by atoms with E-state index in [4.69, 9.17) is 4.74 Å². The van der Waals surface area contributed by atoms with Gasteiger partial charge in [-0.25, -0.2) is 9.89 Å². The maximum absolute atomic E-state index is 11.4. The Morgan fingerprint density at radius 3 is 3.00 bits per heavy atom. The van der Waals surface area contributed by atoms with Crippen molar-refractivity contribution in [1.82, 2.24) is 19.8 Å². The van der Waals surface area contributed by atoms with Crippen molar-refractivity contribution in [3.8, 4) is 5.75 Å². The predicted molar refractivity (Wildman–Crippen MR) is 73.9 cm³/mol. The minimum atomic E-state index is -0.360. The summed E-state index contributed by atoms with van der Waals surface area (Å²) >= 11 is 0. The number of rotatable bonds is 4. The van der Waals surface area contributed by atoms with Crippen molar-refractivity contribution in [2.75, 3.05) is 12.4 Å². The van der Waals surface area contributed by atoms with Crippen LogP contribution in [-0.2, 0) is 6.54 Å². The van der Waals surface area contributed by atoms with Crippen LogP contribution in [0.1, 0.15) is 5.56 Å². The van der Waals surface area contributed by atoms with E-state index in [0.29, 0.717) is 18.0 Å². The lowest BCUT2D eigenvalue weighted by Gasteiger charge is -2.09. The Balaban J connectivity index is 1.83. The standard InChI is InChI=1S/C13H13N5O2/c1-20-10-5-3-2-4-9(10)8-14-11-6-7-12-15-16-13(19)18(12)17-11/h2-7H,8H2,1H3,(H,14,17)(H,16,19). The molecule has 3 aromatic rings. The van der Waals surface area contributed by atoms with Crippen molar-refractivity contribution in [3.63, 3.8) is 0 Å². The number of aromatic nitrogens is 4. The molecular weight excluding hydrogens is 258 g/mol. The number of ether oxygens (including phenoxy) is 1. The van der Waals surface area contributed by atoms with Crippen molar-refractivity contribution in [1.29, 1.82) is 0 Å². The summed E-state index contributed by atoms with van der Waals surface area (Å²) in [4.78, 5) is 11.4. The summed E-state index contributed by atoms with van der Waals surface area (Å²) in [5.41, 5.74) is 1.13. The van der Waals surface area contributed by atoms with Gasteiger partial charge in [-0.1, -0.05) is 18.2 Å². The van der Waals surface area contributed by atoms with Crippen LogP contribution in [0, 0.1) is 0 Å². The molecular formula is C13H13N5O2. The van der Waals surface area contributed by atoms with Crippen molar-refractivity contribution in [2.24, 2.45) is 0 Å². The number of anilines is 1. The van der Waals surface area contributed by atoms with Gasteiger partial charge in [-0.3, -0.25) is 0 Å². The molecule has 0 aliphatic heterocycles. The second kappa shape index (κ2) is 5.04. The molecule has 1 aromatic carbocycles. The van der Waals surface area contributed by atoms with Crippen LogP contribution in [0.25, 0.3) is 5.65 Å². The zero-order valence-corrected chi connectivity index (χ0v) is 10.8. The summed E-state index contributed by atoms with van der Waals surface area (Å²) in [6.45, 7) is 0.551. The van der Waals surface area contributed by atoms with E-state index in [-0.39, 0.29) is 5.69 Å². The lowest BCUT2D eigenvalue weighted by atomic mass is 10.2. The van der Waals surface area contributed by atoms with E-state index in [0.717, 1.165) is 11.3 Å². The highest BCUT2D eigenvalue weighted by Gasteiger charge is 2.04. The summed E-state index contributed by atoms with van der Waals surface area (Å²) in [5.74, 6) is 1.40. The van der Waals surface area contributed by atoms with Crippen LogP contribution in [0.15, 0.2) is 41.2 Å². The Morgan fingerprint density at radius 1 is 1.30 bits per heavy atom. The van der Waals surface area contributed by atoms with E-state index in [1.54, 1.807) is 19.2 Å². The minimum absolute atomic E-state index is 0.360. The Hall–Kier alpha value is -2.83. The van der Waals surface area contributed by atoms with E-state index >= 15 is 0 Å². The highest BCUT2D eigenvalue weighted by atomic mass is 16.5. The summed E-state index contributed by atoms with van der Waals surface area (Å²) in [6.07, 6.45) is 0. The van der Waals surface area contributed by atoms with Gasteiger partial charge in [0.05, 0.1) is 7.11 Å². The van der Waals surface area contributed by atoms with Gasteiger partial charge < -0.3 is 10.1 Å². The predicted octanol–water partition coefficient (Wildman–Crippen LogP) is 1.04. The number of nitrogens with zero attached hydrogens (tertiary/aromatic N) is 3. The zero-order valence-electron chi connectivity index (χ0n) is 10.8. The van der Waals surface area contributed by atoms with E-state index in [9.17, 15) is 4.79 Å². The van der Waals surface area contributed by atoms with Gasteiger partial charge in [-0.05, 0) is 18.2 Å². The van der Waals surface area contributed by atoms with Crippen LogP contribution in [-0.4, -0.2) is 26.9 Å². The van der Waals surface area contributed by atoms with Gasteiger partial charge in [0.25, 0.3) is 0 Å². The van der Waals surface area contributed by atoms with Crippen molar-refractivity contribution < 1.29 is 4.74 Å². The second-order valence-electron chi connectivity index (χ2n) is 4.18. The highest BCUT2D eigenvalue weighted by Crippen LogP contribution is 2.18. The maximum atomic E-state index is 11.4. The third-order valence-corrected chi connectivity index (χ3v) is 2.93. The molecule has 0 saturated heterocycles. The summed E-state index contributed by atoms with van der Waals surface area (Å²) in [6, 6.07) is 11.2. The molecule has 0 bridgehead atoms. The van der Waals surface area contributed by atoms with Gasteiger partial charge in [-0.15, -0.1) is 5.10 Å². The van der Waals surface area contributed by atoms with Gasteiger partial charge in [0, 0.05) is 12.1 Å². The van der Waals surface area contributed by atoms with Crippen LogP contribution >= 0.6 is 0 Å². The molecule has 102 valence electrons. The monoisotopic (exact) mass is 271 g/mol. The lowest BCUT2D eigenvalue weighted by Crippen LogP contribution is -2.14. The third kappa shape index (κ3) is 2.20. The summed E-state index contributed by atoms with van der Waals surface area (Å²) in [5, 5.41) is 13.5. The maximum Gasteiger partial charge on any atom is 0.364 e. The first kappa shape index (κ1) is 12.2. The van der Waals surface area contributed by atoms with Crippen molar-refractivity contribution >= 4 is 11.5 Å². The Morgan fingerprint density at radius 2 is 2.15 bits per heavy atom. The molecule has 2 N–H and O–H groups in total. The van der Waals surface area contributed by atoms with E-state index in [1.807, 2.05) is 24.3 Å². The summed E-state index contributed by atoms with van der Waals surface area (Å²) < 4.78 is 6.49. The second-order valence-corrected chi connectivity index (χ2v) is 4.18. The number of benzene rings is 1. The fraction of sp³-hybridized carbons (Fsp3) is 0.154. The van der Waals surface area contributed by atoms with E-state index in [1.165, 1.54) is 4.52 Å². The normalized spacial score (nSPS) is 10.7. The Kier molecular flexibility index (Phi) is 3.08. The molecule has 0 aliphatic carbocycles. The molecule has 0 radical (unpaired) electrons. The molecule has 2 aromatic heterocycles. The minimum Gasteiger partial charge on any atom is -0.496 e. The van der Waals surface area contributed by atoms with E-state index < -0.39 is 0 Å². The molecule has 2 heterocycles. The Bertz CT molecular complexity index is 793. The molecule has 0 fully saturated rings. The van der Waals surface area contributed by atoms with Gasteiger partial charge in [0.1, 0.15) is 11.6 Å². The van der Waals surface area contributed by atoms with Gasteiger partial charge in [-0.2, -0.15) is 9.61 Å². The molecule has 20 heavy (non-hydrogen) atoms. The van der Waals surface area contributed by atoms with Crippen molar-refractivity contribution in [2.45, 2.75) is 6.54 Å². The first-order chi connectivity index (χ1) is 9.78. The fourth-order valence-corrected chi connectivity index (χ4v) is 1.93. The molecule has 0 unspecified atom stereocenters. The number of fused-ring (bicyclic) bond motifs is 1. The number of para-hydroxylation sites is 1. The molecule has 7 heteroatoms. The molecule has 0 atom stereocenters. The molecule has 3 rings (SSSR count). The van der Waals surface area contributed by atoms with Crippen LogP contribution in [0.2, 0.25) is 0 Å². The fourth-order valence-electron chi connectivity index (χ4n) is 1.93. The number of hydrogen-bond acceptors (Lipinski definition) is 5.